The van der Waals surface area contributed by atoms with Crippen molar-refractivity contribution in [1.82, 2.24) is 5.32 Å². The fraction of sp³-hybridized carbons (Fsp3) is 0.500. The number of hydrogen-bond acceptors (Lipinski definition) is 4. The molecule has 1 heterocycles. The highest BCUT2D eigenvalue weighted by Crippen LogP contribution is 2.37. The van der Waals surface area contributed by atoms with E-state index in [9.17, 15) is 5.11 Å². The molecular weight excluding hydrogens is 286 g/mol. The molecule has 0 radical (unpaired) electrons. The molecule has 5 heteroatoms. The third-order valence-corrected chi connectivity index (χ3v) is 3.28. The zero-order valence-electron chi connectivity index (χ0n) is 9.70. The van der Waals surface area contributed by atoms with Gasteiger partial charge in [0, 0.05) is 6.54 Å². The van der Waals surface area contributed by atoms with Gasteiger partial charge in [-0.25, -0.2) is 0 Å². The van der Waals surface area contributed by atoms with Crippen molar-refractivity contribution in [2.75, 3.05) is 26.4 Å². The van der Waals surface area contributed by atoms with E-state index in [4.69, 9.17) is 9.47 Å². The zero-order valence-corrected chi connectivity index (χ0v) is 11.3. The quantitative estimate of drug-likeness (QED) is 0.899. The van der Waals surface area contributed by atoms with Gasteiger partial charge in [-0.1, -0.05) is 0 Å². The summed E-state index contributed by atoms with van der Waals surface area (Å²) >= 11 is 3.33. The molecule has 0 aromatic heterocycles. The average molecular weight is 302 g/mol. The molecule has 0 amide bonds. The summed E-state index contributed by atoms with van der Waals surface area (Å²) in [6.45, 7) is 4.64. The van der Waals surface area contributed by atoms with Gasteiger partial charge in [0.2, 0.25) is 0 Å². The van der Waals surface area contributed by atoms with E-state index in [1.807, 2.05) is 19.1 Å². The molecule has 1 aliphatic rings. The third-order valence-electron chi connectivity index (χ3n) is 2.67. The van der Waals surface area contributed by atoms with E-state index in [0.29, 0.717) is 23.4 Å². The molecule has 2 rings (SSSR count). The highest BCUT2D eigenvalue weighted by atomic mass is 79.9. The van der Waals surface area contributed by atoms with Crippen molar-refractivity contribution in [3.05, 3.63) is 22.2 Å². The molecule has 1 saturated heterocycles. The molecule has 0 spiro atoms. The van der Waals surface area contributed by atoms with Gasteiger partial charge in [-0.3, -0.25) is 0 Å². The summed E-state index contributed by atoms with van der Waals surface area (Å²) in [6.07, 6.45) is 0. The minimum atomic E-state index is 0.146. The lowest BCUT2D eigenvalue weighted by Crippen LogP contribution is -2.34. The van der Waals surface area contributed by atoms with E-state index in [1.54, 1.807) is 0 Å². The van der Waals surface area contributed by atoms with Crippen molar-refractivity contribution < 1.29 is 14.6 Å². The molecule has 0 unspecified atom stereocenters. The Kier molecular flexibility index (Phi) is 4.25. The number of ether oxygens (including phenoxy) is 2. The average Bonchev–Trinajstić information content (AvgIpc) is 2.36. The molecular formula is C12H16BrNO3. The molecule has 1 aliphatic heterocycles. The van der Waals surface area contributed by atoms with Crippen molar-refractivity contribution >= 4 is 15.9 Å². The van der Waals surface area contributed by atoms with Crippen LogP contribution >= 0.6 is 15.9 Å². The van der Waals surface area contributed by atoms with Crippen molar-refractivity contribution in [3.8, 4) is 11.5 Å². The molecule has 1 fully saturated rings. The number of phenolic OH excluding ortho intramolecular Hbond substituents is 1. The van der Waals surface area contributed by atoms with Crippen LogP contribution in [-0.4, -0.2) is 31.5 Å². The fourth-order valence-corrected chi connectivity index (χ4v) is 2.30. The second-order valence-electron chi connectivity index (χ2n) is 3.86. The number of benzene rings is 1. The minimum Gasteiger partial charge on any atom is -0.503 e. The second-order valence-corrected chi connectivity index (χ2v) is 4.72. The number of morpholine rings is 1. The minimum absolute atomic E-state index is 0.146. The summed E-state index contributed by atoms with van der Waals surface area (Å²) in [5, 5.41) is 13.2. The van der Waals surface area contributed by atoms with Crippen LogP contribution in [0.5, 0.6) is 11.5 Å². The van der Waals surface area contributed by atoms with Gasteiger partial charge < -0.3 is 19.9 Å². The Morgan fingerprint density at radius 2 is 2.41 bits per heavy atom. The van der Waals surface area contributed by atoms with Crippen LogP contribution in [0, 0.1) is 0 Å². The Labute approximate surface area is 109 Å². The number of halogens is 1. The van der Waals surface area contributed by atoms with E-state index in [2.05, 4.69) is 21.2 Å². The van der Waals surface area contributed by atoms with Crippen molar-refractivity contribution in [1.29, 1.82) is 0 Å². The lowest BCUT2D eigenvalue weighted by molar-refractivity contribution is 0.0767. The van der Waals surface area contributed by atoms with Crippen LogP contribution in [-0.2, 0) is 4.74 Å². The Morgan fingerprint density at radius 1 is 1.59 bits per heavy atom. The van der Waals surface area contributed by atoms with Gasteiger partial charge in [-0.15, -0.1) is 0 Å². The Hall–Kier alpha value is -0.780. The van der Waals surface area contributed by atoms with Crippen LogP contribution in [0.3, 0.4) is 0 Å². The largest absolute Gasteiger partial charge is 0.503 e. The highest BCUT2D eigenvalue weighted by molar-refractivity contribution is 9.10. The van der Waals surface area contributed by atoms with Crippen LogP contribution in [0.15, 0.2) is 16.6 Å². The molecule has 1 aromatic carbocycles. The molecule has 0 saturated carbocycles. The zero-order chi connectivity index (χ0) is 12.3. The molecule has 2 N–H and O–H groups in total. The Balaban J connectivity index is 2.27. The normalized spacial score (nSPS) is 20.2. The predicted octanol–water partition coefficient (Wildman–Crippen LogP) is 2.21. The van der Waals surface area contributed by atoms with E-state index in [-0.39, 0.29) is 11.8 Å². The summed E-state index contributed by atoms with van der Waals surface area (Å²) in [6, 6.07) is 3.90. The number of aromatic hydroxyl groups is 1. The summed E-state index contributed by atoms with van der Waals surface area (Å²) in [5.74, 6) is 0.650. The van der Waals surface area contributed by atoms with E-state index >= 15 is 0 Å². The van der Waals surface area contributed by atoms with Gasteiger partial charge in [0.1, 0.15) is 0 Å². The van der Waals surface area contributed by atoms with Gasteiger partial charge >= 0.3 is 0 Å². The lowest BCUT2D eigenvalue weighted by atomic mass is 10.1. The smallest absolute Gasteiger partial charge is 0.172 e. The van der Waals surface area contributed by atoms with Crippen molar-refractivity contribution in [2.24, 2.45) is 0 Å². The highest BCUT2D eigenvalue weighted by Gasteiger charge is 2.18. The van der Waals surface area contributed by atoms with Crippen LogP contribution in [0.2, 0.25) is 0 Å². The van der Waals surface area contributed by atoms with E-state index in [0.717, 1.165) is 18.7 Å². The molecule has 94 valence electrons. The van der Waals surface area contributed by atoms with Crippen LogP contribution in [0.25, 0.3) is 0 Å². The van der Waals surface area contributed by atoms with Gasteiger partial charge in [0.25, 0.3) is 0 Å². The lowest BCUT2D eigenvalue weighted by Gasteiger charge is -2.25. The van der Waals surface area contributed by atoms with Gasteiger partial charge in [-0.2, -0.15) is 0 Å². The number of nitrogens with one attached hydrogen (secondary N) is 1. The summed E-state index contributed by atoms with van der Waals surface area (Å²) in [5.41, 5.74) is 1.05. The Bertz CT molecular complexity index is 392. The SMILES string of the molecule is CCOc1cc([C@H]2COCCN2)cc(Br)c1O. The van der Waals surface area contributed by atoms with Gasteiger partial charge in [0.15, 0.2) is 11.5 Å². The molecule has 0 bridgehead atoms. The summed E-state index contributed by atoms with van der Waals surface area (Å²) in [4.78, 5) is 0. The van der Waals surface area contributed by atoms with Crippen LogP contribution in [0.4, 0.5) is 0 Å². The fourth-order valence-electron chi connectivity index (χ4n) is 1.84. The number of hydrogen-bond donors (Lipinski definition) is 2. The predicted molar refractivity (Wildman–Crippen MR) is 68.5 cm³/mol. The number of phenols is 1. The monoisotopic (exact) mass is 301 g/mol. The van der Waals surface area contributed by atoms with E-state index in [1.165, 1.54) is 0 Å². The maximum atomic E-state index is 9.83. The van der Waals surface area contributed by atoms with Crippen molar-refractivity contribution in [3.63, 3.8) is 0 Å². The molecule has 4 nitrogen and oxygen atoms in total. The first kappa shape index (κ1) is 12.7. The van der Waals surface area contributed by atoms with E-state index < -0.39 is 0 Å². The van der Waals surface area contributed by atoms with Crippen LogP contribution < -0.4 is 10.1 Å². The number of rotatable bonds is 3. The standard InChI is InChI=1S/C12H16BrNO3/c1-2-17-11-6-8(5-9(13)12(11)15)10-7-16-4-3-14-10/h5-6,10,14-15H,2-4,7H2,1H3/t10-/m1/s1. The molecule has 1 atom stereocenters. The Morgan fingerprint density at radius 3 is 3.06 bits per heavy atom. The first-order valence-electron chi connectivity index (χ1n) is 5.68. The molecule has 17 heavy (non-hydrogen) atoms. The topological polar surface area (TPSA) is 50.7 Å². The van der Waals surface area contributed by atoms with Gasteiger partial charge in [0.05, 0.1) is 30.3 Å². The first-order chi connectivity index (χ1) is 8.22. The summed E-state index contributed by atoms with van der Waals surface area (Å²) in [7, 11) is 0. The third kappa shape index (κ3) is 2.91. The van der Waals surface area contributed by atoms with Gasteiger partial charge in [-0.05, 0) is 40.5 Å². The maximum Gasteiger partial charge on any atom is 0.172 e. The van der Waals surface area contributed by atoms with Crippen LogP contribution in [0.1, 0.15) is 18.5 Å². The molecule has 1 aromatic rings. The summed E-state index contributed by atoms with van der Waals surface area (Å²) < 4.78 is 11.5. The first-order valence-corrected chi connectivity index (χ1v) is 6.48. The van der Waals surface area contributed by atoms with Crippen molar-refractivity contribution in [2.45, 2.75) is 13.0 Å². The molecule has 0 aliphatic carbocycles. The maximum absolute atomic E-state index is 9.83. The second kappa shape index (κ2) is 5.71.